The van der Waals surface area contributed by atoms with Gasteiger partial charge in [0.25, 0.3) is 0 Å². The second-order valence-electron chi connectivity index (χ2n) is 3.39. The summed E-state index contributed by atoms with van der Waals surface area (Å²) in [4.78, 5) is 0. The molecule has 1 aromatic carbocycles. The van der Waals surface area contributed by atoms with Crippen molar-refractivity contribution in [3.8, 4) is 11.5 Å². The lowest BCUT2D eigenvalue weighted by Gasteiger charge is -2.17. The summed E-state index contributed by atoms with van der Waals surface area (Å²) in [6.45, 7) is 3.89. The van der Waals surface area contributed by atoms with Crippen LogP contribution in [0.4, 0.5) is 0 Å². The quantitative estimate of drug-likeness (QED) is 0.755. The maximum absolute atomic E-state index is 9.82. The van der Waals surface area contributed by atoms with Gasteiger partial charge in [-0.3, -0.25) is 0 Å². The molecule has 4 N–H and O–H groups in total. The summed E-state index contributed by atoms with van der Waals surface area (Å²) < 4.78 is 5.22. The van der Waals surface area contributed by atoms with E-state index in [1.54, 1.807) is 25.1 Å². The fourth-order valence-electron chi connectivity index (χ4n) is 1.34. The van der Waals surface area contributed by atoms with Crippen LogP contribution < -0.4 is 10.5 Å². The van der Waals surface area contributed by atoms with Crippen molar-refractivity contribution in [3.63, 3.8) is 0 Å². The van der Waals surface area contributed by atoms with Crippen molar-refractivity contribution in [2.75, 3.05) is 6.61 Å². The minimum absolute atomic E-state index is 0. The van der Waals surface area contributed by atoms with Gasteiger partial charge in [0.1, 0.15) is 0 Å². The number of benzene rings is 1. The van der Waals surface area contributed by atoms with Crippen LogP contribution in [0.25, 0.3) is 0 Å². The molecule has 1 rings (SSSR count). The highest BCUT2D eigenvalue weighted by Gasteiger charge is 2.18. The molecule has 92 valence electrons. The summed E-state index contributed by atoms with van der Waals surface area (Å²) >= 11 is 0. The van der Waals surface area contributed by atoms with Crippen molar-refractivity contribution in [3.05, 3.63) is 23.8 Å². The molecule has 2 atom stereocenters. The third-order valence-electron chi connectivity index (χ3n) is 2.21. The van der Waals surface area contributed by atoms with Gasteiger partial charge in [-0.15, -0.1) is 12.4 Å². The predicted octanol–water partition coefficient (Wildman–Crippen LogP) is 1.59. The monoisotopic (exact) mass is 247 g/mol. The van der Waals surface area contributed by atoms with Gasteiger partial charge in [-0.05, 0) is 19.9 Å². The molecular weight excluding hydrogens is 230 g/mol. The van der Waals surface area contributed by atoms with Crippen LogP contribution >= 0.6 is 12.4 Å². The van der Waals surface area contributed by atoms with Gasteiger partial charge in [-0.25, -0.2) is 0 Å². The second kappa shape index (κ2) is 6.58. The van der Waals surface area contributed by atoms with E-state index in [4.69, 9.17) is 10.5 Å². The Hall–Kier alpha value is -0.970. The maximum atomic E-state index is 9.82. The molecule has 0 aliphatic carbocycles. The van der Waals surface area contributed by atoms with Gasteiger partial charge in [0.05, 0.1) is 18.8 Å². The van der Waals surface area contributed by atoms with Crippen LogP contribution in [0.15, 0.2) is 18.2 Å². The number of para-hydroxylation sites is 1. The lowest BCUT2D eigenvalue weighted by molar-refractivity contribution is 0.162. The molecule has 4 nitrogen and oxygen atoms in total. The lowest BCUT2D eigenvalue weighted by Crippen LogP contribution is -2.23. The molecule has 5 heteroatoms. The molecule has 0 saturated carbocycles. The molecule has 0 aromatic heterocycles. The maximum Gasteiger partial charge on any atom is 0.162 e. The van der Waals surface area contributed by atoms with Crippen molar-refractivity contribution < 1.29 is 14.9 Å². The van der Waals surface area contributed by atoms with Crippen LogP contribution in [0.2, 0.25) is 0 Å². The topological polar surface area (TPSA) is 75.7 Å². The fourth-order valence-corrected chi connectivity index (χ4v) is 1.34. The molecule has 0 aliphatic rings. The molecule has 0 spiro atoms. The minimum atomic E-state index is -0.715. The Morgan fingerprint density at radius 1 is 1.44 bits per heavy atom. The van der Waals surface area contributed by atoms with E-state index in [1.165, 1.54) is 0 Å². The highest BCUT2D eigenvalue weighted by Crippen LogP contribution is 2.33. The van der Waals surface area contributed by atoms with Crippen LogP contribution in [0, 0.1) is 0 Å². The van der Waals surface area contributed by atoms with Crippen LogP contribution in [-0.2, 0) is 0 Å². The molecule has 0 aliphatic heterocycles. The minimum Gasteiger partial charge on any atom is -0.504 e. The number of hydrogen-bond donors (Lipinski definition) is 3. The summed E-state index contributed by atoms with van der Waals surface area (Å²) in [5.41, 5.74) is 6.23. The zero-order valence-corrected chi connectivity index (χ0v) is 10.2. The van der Waals surface area contributed by atoms with Gasteiger partial charge in [-0.1, -0.05) is 12.1 Å². The Labute approximate surface area is 101 Å². The second-order valence-corrected chi connectivity index (χ2v) is 3.39. The molecule has 1 aromatic rings. The molecular formula is C11H18ClNO3. The molecule has 0 saturated heterocycles. The van der Waals surface area contributed by atoms with E-state index in [0.717, 1.165) is 0 Å². The highest BCUT2D eigenvalue weighted by molar-refractivity contribution is 5.85. The Bertz CT molecular complexity index is 331. The lowest BCUT2D eigenvalue weighted by atomic mass is 10.0. The first-order valence-corrected chi connectivity index (χ1v) is 4.96. The fraction of sp³-hybridized carbons (Fsp3) is 0.455. The molecule has 0 amide bonds. The van der Waals surface area contributed by atoms with Gasteiger partial charge in [-0.2, -0.15) is 0 Å². The number of rotatable bonds is 4. The normalized spacial score (nSPS) is 13.8. The molecule has 0 fully saturated rings. The molecule has 0 radical (unpaired) electrons. The number of hydrogen-bond acceptors (Lipinski definition) is 4. The number of phenolic OH excluding ortho intramolecular Hbond substituents is 1. The van der Waals surface area contributed by atoms with Crippen molar-refractivity contribution in [1.82, 2.24) is 0 Å². The Morgan fingerprint density at radius 2 is 2.06 bits per heavy atom. The Balaban J connectivity index is 0.00000225. The van der Waals surface area contributed by atoms with Crippen molar-refractivity contribution in [2.45, 2.75) is 26.0 Å². The summed E-state index contributed by atoms with van der Waals surface area (Å²) in [6, 6.07) is 4.47. The summed E-state index contributed by atoms with van der Waals surface area (Å²) in [7, 11) is 0. The first-order valence-electron chi connectivity index (χ1n) is 4.96. The van der Waals surface area contributed by atoms with Crippen LogP contribution in [-0.4, -0.2) is 22.9 Å². The predicted molar refractivity (Wildman–Crippen MR) is 65.1 cm³/mol. The van der Waals surface area contributed by atoms with E-state index in [-0.39, 0.29) is 18.2 Å². The average Bonchev–Trinajstić information content (AvgIpc) is 2.20. The van der Waals surface area contributed by atoms with Crippen LogP contribution in [0.3, 0.4) is 0 Å². The van der Waals surface area contributed by atoms with Gasteiger partial charge in [0.15, 0.2) is 11.5 Å². The summed E-state index contributed by atoms with van der Waals surface area (Å²) in [5, 5.41) is 19.2. The van der Waals surface area contributed by atoms with Crippen molar-refractivity contribution >= 4 is 12.4 Å². The van der Waals surface area contributed by atoms with E-state index < -0.39 is 12.1 Å². The first-order chi connectivity index (χ1) is 7.07. The number of aromatic hydroxyl groups is 1. The Morgan fingerprint density at radius 3 is 2.56 bits per heavy atom. The third kappa shape index (κ3) is 3.27. The summed E-state index contributed by atoms with van der Waals surface area (Å²) in [6.07, 6.45) is -0.715. The van der Waals surface area contributed by atoms with Crippen molar-refractivity contribution in [1.29, 1.82) is 0 Å². The van der Waals surface area contributed by atoms with Gasteiger partial charge >= 0.3 is 0 Å². The number of aliphatic hydroxyl groups is 1. The number of nitrogens with two attached hydrogens (primary N) is 1. The molecule has 0 bridgehead atoms. The summed E-state index contributed by atoms with van der Waals surface area (Å²) in [5.74, 6) is 0.402. The van der Waals surface area contributed by atoms with Crippen molar-refractivity contribution in [2.24, 2.45) is 5.73 Å². The molecule has 0 heterocycles. The van der Waals surface area contributed by atoms with Crippen LogP contribution in [0.5, 0.6) is 11.5 Å². The SMILES string of the molecule is CCOc1cccc([C@H](N)[C@@H](C)O)c1O.Cl. The first kappa shape index (κ1) is 15.0. The molecule has 0 unspecified atom stereocenters. The average molecular weight is 248 g/mol. The largest absolute Gasteiger partial charge is 0.504 e. The zero-order valence-electron chi connectivity index (χ0n) is 9.38. The Kier molecular flexibility index (Phi) is 6.18. The standard InChI is InChI=1S/C11H17NO3.ClH/c1-3-15-9-6-4-5-8(11(9)14)10(12)7(2)13;/h4-7,10,13-14H,3,12H2,1-2H3;1H/t7-,10-;/m1./s1. The smallest absolute Gasteiger partial charge is 0.162 e. The van der Waals surface area contributed by atoms with Gasteiger partial charge in [0.2, 0.25) is 0 Å². The zero-order chi connectivity index (χ0) is 11.4. The number of aliphatic hydroxyl groups excluding tert-OH is 1. The molecule has 16 heavy (non-hydrogen) atoms. The van der Waals surface area contributed by atoms with Gasteiger partial charge in [0, 0.05) is 5.56 Å². The van der Waals surface area contributed by atoms with E-state index in [1.807, 2.05) is 6.92 Å². The number of phenols is 1. The third-order valence-corrected chi connectivity index (χ3v) is 2.21. The van der Waals surface area contributed by atoms with Gasteiger partial charge < -0.3 is 20.7 Å². The van der Waals surface area contributed by atoms with E-state index in [0.29, 0.717) is 17.9 Å². The highest BCUT2D eigenvalue weighted by atomic mass is 35.5. The van der Waals surface area contributed by atoms with Crippen LogP contribution in [0.1, 0.15) is 25.5 Å². The number of halogens is 1. The van der Waals surface area contributed by atoms with E-state index >= 15 is 0 Å². The van der Waals surface area contributed by atoms with E-state index in [9.17, 15) is 10.2 Å². The number of ether oxygens (including phenoxy) is 1. The van der Waals surface area contributed by atoms with E-state index in [2.05, 4.69) is 0 Å².